The molecule has 1 rings (SSSR count). The summed E-state index contributed by atoms with van der Waals surface area (Å²) in [6.45, 7) is 7.86. The molecular formula is C15H24ClNO2. The number of hydrogen-bond acceptors (Lipinski definition) is 3. The zero-order chi connectivity index (χ0) is 14.3. The molecule has 0 fully saturated rings. The molecule has 3 nitrogen and oxygen atoms in total. The van der Waals surface area contributed by atoms with E-state index in [9.17, 15) is 0 Å². The van der Waals surface area contributed by atoms with Crippen LogP contribution in [0, 0.1) is 0 Å². The van der Waals surface area contributed by atoms with Gasteiger partial charge in [0.15, 0.2) is 0 Å². The molecule has 108 valence electrons. The molecular weight excluding hydrogens is 262 g/mol. The number of benzene rings is 1. The van der Waals surface area contributed by atoms with Crippen molar-refractivity contribution in [1.29, 1.82) is 0 Å². The average Bonchev–Trinajstić information content (AvgIpc) is 2.40. The monoisotopic (exact) mass is 285 g/mol. The van der Waals surface area contributed by atoms with Crippen molar-refractivity contribution in [3.63, 3.8) is 0 Å². The van der Waals surface area contributed by atoms with Crippen molar-refractivity contribution in [1.82, 2.24) is 0 Å². The van der Waals surface area contributed by atoms with Gasteiger partial charge in [-0.1, -0.05) is 18.5 Å². The number of halogens is 1. The van der Waals surface area contributed by atoms with Crippen LogP contribution in [-0.2, 0) is 17.8 Å². The molecule has 1 aromatic rings. The third kappa shape index (κ3) is 5.01. The van der Waals surface area contributed by atoms with Crippen molar-refractivity contribution in [2.45, 2.75) is 46.3 Å². The van der Waals surface area contributed by atoms with Gasteiger partial charge in [-0.15, -0.1) is 0 Å². The Kier molecular flexibility index (Phi) is 7.21. The van der Waals surface area contributed by atoms with E-state index in [1.54, 1.807) is 0 Å². The lowest BCUT2D eigenvalue weighted by atomic mass is 10.0. The van der Waals surface area contributed by atoms with Crippen LogP contribution < -0.4 is 10.5 Å². The Bertz CT molecular complexity index is 396. The molecule has 0 spiro atoms. The molecule has 0 aliphatic carbocycles. The molecule has 1 unspecified atom stereocenters. The topological polar surface area (TPSA) is 44.5 Å². The van der Waals surface area contributed by atoms with E-state index in [4.69, 9.17) is 26.8 Å². The van der Waals surface area contributed by atoms with Crippen molar-refractivity contribution in [3.8, 4) is 5.75 Å². The van der Waals surface area contributed by atoms with Crippen molar-refractivity contribution in [3.05, 3.63) is 28.3 Å². The maximum absolute atomic E-state index is 6.30. The van der Waals surface area contributed by atoms with Gasteiger partial charge in [0, 0.05) is 12.6 Å². The summed E-state index contributed by atoms with van der Waals surface area (Å²) < 4.78 is 11.1. The quantitative estimate of drug-likeness (QED) is 0.794. The molecule has 0 heterocycles. The molecule has 4 heteroatoms. The van der Waals surface area contributed by atoms with Crippen molar-refractivity contribution in [2.24, 2.45) is 5.73 Å². The van der Waals surface area contributed by atoms with E-state index in [2.05, 4.69) is 13.0 Å². The van der Waals surface area contributed by atoms with Gasteiger partial charge >= 0.3 is 0 Å². The van der Waals surface area contributed by atoms with Gasteiger partial charge in [-0.3, -0.25) is 0 Å². The van der Waals surface area contributed by atoms with E-state index in [-0.39, 0.29) is 6.04 Å². The van der Waals surface area contributed by atoms with Crippen LogP contribution in [0.5, 0.6) is 5.75 Å². The minimum absolute atomic E-state index is 0.123. The summed E-state index contributed by atoms with van der Waals surface area (Å²) in [5.41, 5.74) is 8.17. The number of nitrogens with two attached hydrogens (primary N) is 1. The Balaban J connectivity index is 3.01. The van der Waals surface area contributed by atoms with E-state index in [1.165, 1.54) is 0 Å². The fourth-order valence-corrected chi connectivity index (χ4v) is 2.22. The zero-order valence-corrected chi connectivity index (χ0v) is 12.8. The first-order valence-corrected chi connectivity index (χ1v) is 7.27. The van der Waals surface area contributed by atoms with E-state index < -0.39 is 0 Å². The molecule has 0 bridgehead atoms. The Morgan fingerprint density at radius 3 is 2.53 bits per heavy atom. The minimum Gasteiger partial charge on any atom is -0.492 e. The van der Waals surface area contributed by atoms with Gasteiger partial charge < -0.3 is 15.2 Å². The lowest BCUT2D eigenvalue weighted by Gasteiger charge is -2.17. The molecule has 1 aromatic carbocycles. The highest BCUT2D eigenvalue weighted by molar-refractivity contribution is 6.32. The van der Waals surface area contributed by atoms with Crippen LogP contribution in [0.2, 0.25) is 5.02 Å². The van der Waals surface area contributed by atoms with Gasteiger partial charge in [-0.2, -0.15) is 0 Å². The van der Waals surface area contributed by atoms with E-state index in [1.807, 2.05) is 19.9 Å². The van der Waals surface area contributed by atoms with Gasteiger partial charge in [-0.05, 0) is 49.9 Å². The van der Waals surface area contributed by atoms with Gasteiger partial charge in [-0.25, -0.2) is 0 Å². The Hall–Kier alpha value is -0.770. The predicted octanol–water partition coefficient (Wildman–Crippen LogP) is 3.56. The molecule has 0 amide bonds. The third-order valence-electron chi connectivity index (χ3n) is 2.95. The standard InChI is InChI=1S/C15H24ClNO2/c1-4-13(17)9-12-7-11(10-18-5-2)8-14(16)15(12)19-6-3/h7-8,13H,4-6,9-10,17H2,1-3H3. The van der Waals surface area contributed by atoms with Crippen molar-refractivity contribution < 1.29 is 9.47 Å². The highest BCUT2D eigenvalue weighted by Gasteiger charge is 2.13. The zero-order valence-electron chi connectivity index (χ0n) is 12.0. The van der Waals surface area contributed by atoms with Crippen LogP contribution in [0.1, 0.15) is 38.3 Å². The van der Waals surface area contributed by atoms with Crippen LogP contribution in [0.4, 0.5) is 0 Å². The first kappa shape index (κ1) is 16.3. The summed E-state index contributed by atoms with van der Waals surface area (Å²) in [6.07, 6.45) is 1.70. The number of rotatable bonds is 8. The average molecular weight is 286 g/mol. The number of ether oxygens (including phenoxy) is 2. The highest BCUT2D eigenvalue weighted by Crippen LogP contribution is 2.32. The van der Waals surface area contributed by atoms with Crippen LogP contribution in [0.25, 0.3) is 0 Å². The van der Waals surface area contributed by atoms with Crippen LogP contribution in [-0.4, -0.2) is 19.3 Å². The van der Waals surface area contributed by atoms with Gasteiger partial charge in [0.1, 0.15) is 5.75 Å². The third-order valence-corrected chi connectivity index (χ3v) is 3.23. The second-order valence-corrected chi connectivity index (χ2v) is 4.92. The molecule has 0 saturated carbocycles. The second kappa shape index (κ2) is 8.41. The van der Waals surface area contributed by atoms with Crippen LogP contribution in [0.15, 0.2) is 12.1 Å². The maximum atomic E-state index is 6.30. The number of hydrogen-bond donors (Lipinski definition) is 1. The molecule has 1 atom stereocenters. The summed E-state index contributed by atoms with van der Waals surface area (Å²) in [6, 6.07) is 4.11. The van der Waals surface area contributed by atoms with Crippen LogP contribution >= 0.6 is 11.6 Å². The van der Waals surface area contributed by atoms with E-state index >= 15 is 0 Å². The molecule has 0 saturated heterocycles. The highest BCUT2D eigenvalue weighted by atomic mass is 35.5. The minimum atomic E-state index is 0.123. The molecule has 0 aliphatic rings. The summed E-state index contributed by atoms with van der Waals surface area (Å²) in [5, 5.41) is 0.636. The summed E-state index contributed by atoms with van der Waals surface area (Å²) in [4.78, 5) is 0. The summed E-state index contributed by atoms with van der Waals surface area (Å²) >= 11 is 6.30. The first-order chi connectivity index (χ1) is 9.12. The van der Waals surface area contributed by atoms with Gasteiger partial charge in [0.25, 0.3) is 0 Å². The largest absolute Gasteiger partial charge is 0.492 e. The summed E-state index contributed by atoms with van der Waals surface area (Å²) in [7, 11) is 0. The smallest absolute Gasteiger partial charge is 0.141 e. The normalized spacial score (nSPS) is 12.5. The molecule has 0 aliphatic heterocycles. The van der Waals surface area contributed by atoms with E-state index in [0.717, 1.165) is 29.7 Å². The first-order valence-electron chi connectivity index (χ1n) is 6.89. The maximum Gasteiger partial charge on any atom is 0.141 e. The Morgan fingerprint density at radius 2 is 1.95 bits per heavy atom. The van der Waals surface area contributed by atoms with Crippen molar-refractivity contribution >= 4 is 11.6 Å². The Labute approximate surface area is 121 Å². The lowest BCUT2D eigenvalue weighted by Crippen LogP contribution is -2.22. The van der Waals surface area contributed by atoms with Crippen LogP contribution in [0.3, 0.4) is 0 Å². The lowest BCUT2D eigenvalue weighted by molar-refractivity contribution is 0.134. The van der Waals surface area contributed by atoms with Gasteiger partial charge in [0.05, 0.1) is 18.2 Å². The van der Waals surface area contributed by atoms with E-state index in [0.29, 0.717) is 24.8 Å². The molecule has 0 aromatic heterocycles. The fraction of sp³-hybridized carbons (Fsp3) is 0.600. The van der Waals surface area contributed by atoms with Crippen molar-refractivity contribution in [2.75, 3.05) is 13.2 Å². The fourth-order valence-electron chi connectivity index (χ4n) is 1.90. The summed E-state index contributed by atoms with van der Waals surface area (Å²) in [5.74, 6) is 0.758. The molecule has 0 radical (unpaired) electrons. The van der Waals surface area contributed by atoms with Gasteiger partial charge in [0.2, 0.25) is 0 Å². The predicted molar refractivity (Wildman–Crippen MR) is 79.9 cm³/mol. The Morgan fingerprint density at radius 1 is 1.21 bits per heavy atom. The second-order valence-electron chi connectivity index (χ2n) is 4.51. The molecule has 2 N–H and O–H groups in total. The SMILES string of the molecule is CCOCc1cc(Cl)c(OCC)c(CC(N)CC)c1. The molecule has 19 heavy (non-hydrogen) atoms.